The average Bonchev–Trinajstić information content (AvgIpc) is 2.29. The Morgan fingerprint density at radius 1 is 1.40 bits per heavy atom. The zero-order chi connectivity index (χ0) is 11.1. The Bertz CT molecular complexity index is 287. The molecular formula is C10H18N4O. The number of nitrogens with two attached hydrogens (primary N) is 1. The lowest BCUT2D eigenvalue weighted by atomic mass is 10.4. The third kappa shape index (κ3) is 3.36. The molecule has 1 rings (SSSR count). The number of aromatic nitrogens is 2. The van der Waals surface area contributed by atoms with Crippen LogP contribution in [-0.4, -0.2) is 36.7 Å². The molecule has 0 aliphatic rings. The third-order valence-electron chi connectivity index (χ3n) is 2.03. The molecule has 1 aromatic heterocycles. The summed E-state index contributed by atoms with van der Waals surface area (Å²) in [7, 11) is 1.58. The van der Waals surface area contributed by atoms with E-state index < -0.39 is 0 Å². The molecule has 15 heavy (non-hydrogen) atoms. The number of hydrogen-bond donors (Lipinski definition) is 1. The Balaban J connectivity index is 2.79. The van der Waals surface area contributed by atoms with Crippen molar-refractivity contribution in [3.63, 3.8) is 0 Å². The summed E-state index contributed by atoms with van der Waals surface area (Å²) >= 11 is 0. The van der Waals surface area contributed by atoms with Crippen molar-refractivity contribution in [3.8, 4) is 5.88 Å². The van der Waals surface area contributed by atoms with Gasteiger partial charge in [0.05, 0.1) is 19.5 Å². The third-order valence-corrected chi connectivity index (χ3v) is 2.03. The first-order valence-corrected chi connectivity index (χ1v) is 5.12. The van der Waals surface area contributed by atoms with Crippen LogP contribution in [0.5, 0.6) is 5.88 Å². The molecular weight excluding hydrogens is 192 g/mol. The topological polar surface area (TPSA) is 64.3 Å². The Hall–Kier alpha value is -1.36. The monoisotopic (exact) mass is 210 g/mol. The van der Waals surface area contributed by atoms with Gasteiger partial charge in [0.15, 0.2) is 5.82 Å². The molecule has 0 atom stereocenters. The zero-order valence-electron chi connectivity index (χ0n) is 9.31. The molecule has 5 heteroatoms. The lowest BCUT2D eigenvalue weighted by Crippen LogP contribution is -2.30. The minimum atomic E-state index is 0.533. The van der Waals surface area contributed by atoms with E-state index in [1.54, 1.807) is 19.5 Å². The molecule has 0 aliphatic heterocycles. The van der Waals surface area contributed by atoms with Crippen LogP contribution in [0.1, 0.15) is 13.3 Å². The molecule has 1 aromatic rings. The van der Waals surface area contributed by atoms with E-state index in [0.717, 1.165) is 25.3 Å². The molecule has 0 saturated heterocycles. The molecule has 0 aromatic carbocycles. The van der Waals surface area contributed by atoms with Gasteiger partial charge in [-0.05, 0) is 6.42 Å². The summed E-state index contributed by atoms with van der Waals surface area (Å²) in [4.78, 5) is 10.5. The summed E-state index contributed by atoms with van der Waals surface area (Å²) in [5.74, 6) is 1.35. The van der Waals surface area contributed by atoms with Gasteiger partial charge in [0.2, 0.25) is 5.88 Å². The van der Waals surface area contributed by atoms with Gasteiger partial charge in [0.1, 0.15) is 0 Å². The van der Waals surface area contributed by atoms with Crippen molar-refractivity contribution in [2.45, 2.75) is 13.3 Å². The lowest BCUT2D eigenvalue weighted by Gasteiger charge is -2.21. The quantitative estimate of drug-likeness (QED) is 0.747. The fourth-order valence-electron chi connectivity index (χ4n) is 1.36. The first kappa shape index (κ1) is 11.7. The second-order valence-electron chi connectivity index (χ2n) is 3.20. The van der Waals surface area contributed by atoms with Gasteiger partial charge in [0.25, 0.3) is 0 Å². The van der Waals surface area contributed by atoms with Gasteiger partial charge < -0.3 is 15.4 Å². The first-order chi connectivity index (χ1) is 7.31. The molecule has 0 bridgehead atoms. The maximum Gasteiger partial charge on any atom is 0.233 e. The Kier molecular flexibility index (Phi) is 4.83. The van der Waals surface area contributed by atoms with Crippen LogP contribution in [-0.2, 0) is 0 Å². The predicted octanol–water partition coefficient (Wildman–Crippen LogP) is 0.660. The Labute approximate surface area is 90.3 Å². The molecule has 0 spiro atoms. The summed E-state index contributed by atoms with van der Waals surface area (Å²) in [6.45, 7) is 4.45. The fourth-order valence-corrected chi connectivity index (χ4v) is 1.36. The van der Waals surface area contributed by atoms with Gasteiger partial charge in [-0.2, -0.15) is 4.98 Å². The number of methoxy groups -OCH3 is 1. The van der Waals surface area contributed by atoms with Gasteiger partial charge in [-0.25, -0.2) is 0 Å². The molecule has 2 N–H and O–H groups in total. The second kappa shape index (κ2) is 6.19. The highest BCUT2D eigenvalue weighted by Gasteiger charge is 2.07. The number of nitrogens with zero attached hydrogens (tertiary/aromatic N) is 3. The van der Waals surface area contributed by atoms with Crippen LogP contribution < -0.4 is 15.4 Å². The Morgan fingerprint density at radius 2 is 2.20 bits per heavy atom. The maximum absolute atomic E-state index is 5.55. The molecule has 84 valence electrons. The van der Waals surface area contributed by atoms with E-state index in [0.29, 0.717) is 12.4 Å². The minimum Gasteiger partial charge on any atom is -0.480 e. The molecule has 0 unspecified atom stereocenters. The molecule has 0 saturated carbocycles. The fraction of sp³-hybridized carbons (Fsp3) is 0.600. The minimum absolute atomic E-state index is 0.533. The predicted molar refractivity (Wildman–Crippen MR) is 60.1 cm³/mol. The largest absolute Gasteiger partial charge is 0.480 e. The van der Waals surface area contributed by atoms with E-state index in [1.807, 2.05) is 0 Å². The van der Waals surface area contributed by atoms with Crippen LogP contribution in [0.25, 0.3) is 0 Å². The standard InChI is InChI=1S/C10H18N4O/c1-3-5-14(6-4-11)9-7-12-8-10(13-9)15-2/h7-8H,3-6,11H2,1-2H3. The van der Waals surface area contributed by atoms with Crippen molar-refractivity contribution >= 4 is 5.82 Å². The highest BCUT2D eigenvalue weighted by atomic mass is 16.5. The second-order valence-corrected chi connectivity index (χ2v) is 3.20. The summed E-state index contributed by atoms with van der Waals surface area (Å²) in [6.07, 6.45) is 4.38. The SMILES string of the molecule is CCCN(CCN)c1cncc(OC)n1. The summed E-state index contributed by atoms with van der Waals surface area (Å²) in [5.41, 5.74) is 5.55. The van der Waals surface area contributed by atoms with E-state index in [1.165, 1.54) is 0 Å². The Morgan fingerprint density at radius 3 is 2.80 bits per heavy atom. The van der Waals surface area contributed by atoms with Gasteiger partial charge in [-0.1, -0.05) is 6.92 Å². The number of ether oxygens (including phenoxy) is 1. The van der Waals surface area contributed by atoms with Crippen molar-refractivity contribution in [2.75, 3.05) is 31.6 Å². The van der Waals surface area contributed by atoms with Crippen molar-refractivity contribution in [2.24, 2.45) is 5.73 Å². The van der Waals surface area contributed by atoms with E-state index in [-0.39, 0.29) is 0 Å². The van der Waals surface area contributed by atoms with Gasteiger partial charge in [-0.3, -0.25) is 4.98 Å². The molecule has 0 aliphatic carbocycles. The van der Waals surface area contributed by atoms with Crippen LogP contribution in [0.2, 0.25) is 0 Å². The van der Waals surface area contributed by atoms with E-state index in [4.69, 9.17) is 10.5 Å². The van der Waals surface area contributed by atoms with E-state index in [9.17, 15) is 0 Å². The normalized spacial score (nSPS) is 10.1. The lowest BCUT2D eigenvalue weighted by molar-refractivity contribution is 0.395. The summed E-state index contributed by atoms with van der Waals surface area (Å²) in [6, 6.07) is 0. The number of rotatable bonds is 6. The van der Waals surface area contributed by atoms with Crippen molar-refractivity contribution in [3.05, 3.63) is 12.4 Å². The van der Waals surface area contributed by atoms with E-state index >= 15 is 0 Å². The van der Waals surface area contributed by atoms with E-state index in [2.05, 4.69) is 21.8 Å². The first-order valence-electron chi connectivity index (χ1n) is 5.12. The average molecular weight is 210 g/mol. The summed E-state index contributed by atoms with van der Waals surface area (Å²) in [5, 5.41) is 0. The number of anilines is 1. The van der Waals surface area contributed by atoms with Crippen LogP contribution in [0.4, 0.5) is 5.82 Å². The van der Waals surface area contributed by atoms with Crippen LogP contribution in [0, 0.1) is 0 Å². The molecule has 0 amide bonds. The van der Waals surface area contributed by atoms with Crippen molar-refractivity contribution < 1.29 is 4.74 Å². The van der Waals surface area contributed by atoms with Gasteiger partial charge >= 0.3 is 0 Å². The van der Waals surface area contributed by atoms with Crippen LogP contribution in [0.15, 0.2) is 12.4 Å². The van der Waals surface area contributed by atoms with Crippen molar-refractivity contribution in [1.82, 2.24) is 9.97 Å². The van der Waals surface area contributed by atoms with Crippen molar-refractivity contribution in [1.29, 1.82) is 0 Å². The van der Waals surface area contributed by atoms with Crippen LogP contribution in [0.3, 0.4) is 0 Å². The summed E-state index contributed by atoms with van der Waals surface area (Å²) < 4.78 is 5.03. The smallest absolute Gasteiger partial charge is 0.233 e. The van der Waals surface area contributed by atoms with Gasteiger partial charge in [0, 0.05) is 19.6 Å². The molecule has 0 fully saturated rings. The molecule has 5 nitrogen and oxygen atoms in total. The number of hydrogen-bond acceptors (Lipinski definition) is 5. The molecule has 0 radical (unpaired) electrons. The highest BCUT2D eigenvalue weighted by Crippen LogP contribution is 2.13. The maximum atomic E-state index is 5.55. The molecule has 1 heterocycles. The van der Waals surface area contributed by atoms with Gasteiger partial charge in [-0.15, -0.1) is 0 Å². The highest BCUT2D eigenvalue weighted by molar-refractivity contribution is 5.37. The van der Waals surface area contributed by atoms with Crippen LogP contribution >= 0.6 is 0 Å². The zero-order valence-corrected chi connectivity index (χ0v) is 9.31.